The largest absolute Gasteiger partial charge is 0.396 e. The predicted octanol–water partition coefficient (Wildman–Crippen LogP) is 1.22. The van der Waals surface area contributed by atoms with Crippen molar-refractivity contribution in [3.05, 3.63) is 92.9 Å². The van der Waals surface area contributed by atoms with Gasteiger partial charge in [-0.1, -0.05) is 0 Å². The molecule has 7 aromatic rings. The van der Waals surface area contributed by atoms with Crippen LogP contribution in [0.5, 0.6) is 0 Å². The number of nitrogens with one attached hydrogen (secondary N) is 3. The maximum Gasteiger partial charge on any atom is 0.284 e. The van der Waals surface area contributed by atoms with E-state index in [0.717, 1.165) is 44.8 Å². The normalized spacial score (nSPS) is 17.8. The molecule has 1 amide bonds. The number of piperidine rings is 1. The van der Waals surface area contributed by atoms with Gasteiger partial charge in [-0.25, -0.2) is 41.1 Å². The Morgan fingerprint density at radius 2 is 1.52 bits per heavy atom. The molecular weight excluding hydrogens is 1060 g/mol. The number of aromatic nitrogens is 12. The molecule has 8 heterocycles. The summed E-state index contributed by atoms with van der Waals surface area (Å²) in [6, 6.07) is 9.27. The lowest BCUT2D eigenvalue weighted by molar-refractivity contribution is -0.116. The van der Waals surface area contributed by atoms with Crippen LogP contribution >= 0.6 is 0 Å². The summed E-state index contributed by atoms with van der Waals surface area (Å²) >= 11 is 0. The molecule has 1 unspecified atom stereocenters. The smallest absolute Gasteiger partial charge is 0.284 e. The van der Waals surface area contributed by atoms with Crippen LogP contribution in [0.1, 0.15) is 80.4 Å². The Morgan fingerprint density at radius 1 is 0.792 bits per heavy atom. The molecule has 1 atom stereocenters. The van der Waals surface area contributed by atoms with Crippen LogP contribution in [0.25, 0.3) is 33.6 Å². The number of aryl methyl sites for hydroxylation is 1. The topological polar surface area (TPSA) is 345 Å². The van der Waals surface area contributed by atoms with E-state index in [1.165, 1.54) is 57.7 Å². The Hall–Kier alpha value is -7.12. The fourth-order valence-corrected chi connectivity index (χ4v) is 12.6. The number of amides is 1. The molecule has 30 heteroatoms. The lowest BCUT2D eigenvalue weighted by atomic mass is 10.1. The zero-order valence-corrected chi connectivity index (χ0v) is 44.0. The number of fused-ring (bicyclic) bond motifs is 2. The van der Waals surface area contributed by atoms with Gasteiger partial charge in [0, 0.05) is 91.4 Å². The zero-order valence-electron chi connectivity index (χ0n) is 41.6. The first-order valence-electron chi connectivity index (χ1n) is 25.2. The first-order valence-corrected chi connectivity index (χ1v) is 30.1. The van der Waals surface area contributed by atoms with Gasteiger partial charge in [0.25, 0.3) is 31.2 Å². The number of hydrogen-bond acceptors (Lipinski definition) is 21. The number of carbonyl (C=O) groups excluding carboxylic acids is 1. The van der Waals surface area contributed by atoms with Crippen molar-refractivity contribution in [3.63, 3.8) is 0 Å². The highest BCUT2D eigenvalue weighted by molar-refractivity contribution is 7.90. The molecule has 2 aliphatic carbocycles. The molecule has 77 heavy (non-hydrogen) atoms. The van der Waals surface area contributed by atoms with Crippen LogP contribution < -0.4 is 27.1 Å². The van der Waals surface area contributed by atoms with Gasteiger partial charge >= 0.3 is 0 Å². The molecule has 27 nitrogen and oxygen atoms in total. The Kier molecular flexibility index (Phi) is 14.0. The predicted molar refractivity (Wildman–Crippen MR) is 279 cm³/mol. The number of aliphatic hydroxyl groups is 1. The molecule has 0 bridgehead atoms. The molecule has 2 saturated carbocycles. The number of ether oxygens (including phenoxy) is 1. The van der Waals surface area contributed by atoms with Gasteiger partial charge in [-0.15, -0.1) is 18.4 Å². The van der Waals surface area contributed by atoms with Crippen molar-refractivity contribution in [2.45, 2.75) is 99.7 Å². The van der Waals surface area contributed by atoms with E-state index < -0.39 is 59.4 Å². The molecule has 2 saturated heterocycles. The molecular formula is C47H54N16O11S3. The summed E-state index contributed by atoms with van der Waals surface area (Å²) in [5.41, 5.74) is -0.372. The Balaban J connectivity index is 0.878. The maximum atomic E-state index is 14.7. The highest BCUT2D eigenvalue weighted by atomic mass is 32.2. The van der Waals surface area contributed by atoms with E-state index in [2.05, 4.69) is 41.1 Å². The average molecular weight is 1120 g/mol. The van der Waals surface area contributed by atoms with E-state index in [-0.39, 0.29) is 112 Å². The first-order chi connectivity index (χ1) is 36.9. The summed E-state index contributed by atoms with van der Waals surface area (Å²) in [5, 5.41) is 28.3. The third kappa shape index (κ3) is 11.1. The number of sulfonamides is 1. The molecule has 4 aliphatic rings. The van der Waals surface area contributed by atoms with Crippen LogP contribution in [0.4, 0.5) is 17.6 Å². The summed E-state index contributed by atoms with van der Waals surface area (Å²) in [6.45, 7) is 0.402. The number of pyridine rings is 2. The van der Waals surface area contributed by atoms with Crippen LogP contribution in [0.3, 0.4) is 0 Å². The second-order valence-electron chi connectivity index (χ2n) is 19.7. The van der Waals surface area contributed by atoms with Crippen molar-refractivity contribution in [3.8, 4) is 11.5 Å². The minimum absolute atomic E-state index is 0.000312. The second-order valence-corrected chi connectivity index (χ2v) is 25.4. The lowest BCUT2D eigenvalue weighted by Gasteiger charge is -2.30. The van der Waals surface area contributed by atoms with E-state index in [9.17, 15) is 44.7 Å². The third-order valence-electron chi connectivity index (χ3n) is 13.9. The molecule has 0 spiro atoms. The summed E-state index contributed by atoms with van der Waals surface area (Å²) in [4.78, 5) is 68.9. The third-order valence-corrected chi connectivity index (χ3v) is 18.3. The van der Waals surface area contributed by atoms with Crippen LogP contribution in [0.2, 0.25) is 0 Å². The standard InChI is InChI=1S/C47H54N16O11S3/c1-75(68,69)59-18-13-33(14-19-59)51-46-48-24-31-23-30(15-20-64)45(67)60(42(31)55-46)17-2-22-76(70,71)63-44(54-41(58-63)29-5-6-29)39-36-11-12-38(66)61(43(36)56-47(53-39)52-34-16-21-74-26-34)25-37(65)50-32-7-9-35(10-8-32)77(72,73)62-27-49-40(57-62)28-3-4-28/h7-12,23-24,27-29,33-34,64H,2-6,13-22,25-26H2,1H3,(H,50,65)(H,48,51,55)(H,52,53,56). The second kappa shape index (κ2) is 20.7. The highest BCUT2D eigenvalue weighted by Gasteiger charge is 2.35. The minimum atomic E-state index is -4.41. The van der Waals surface area contributed by atoms with Crippen molar-refractivity contribution in [2.75, 3.05) is 60.9 Å². The number of rotatable bonds is 20. The Morgan fingerprint density at radius 3 is 2.22 bits per heavy atom. The van der Waals surface area contributed by atoms with Crippen LogP contribution in [0.15, 0.2) is 69.5 Å². The molecule has 1 aromatic carbocycles. The van der Waals surface area contributed by atoms with Gasteiger partial charge < -0.3 is 25.8 Å². The quantitative estimate of drug-likeness (QED) is 0.0833. The molecule has 406 valence electrons. The number of aliphatic hydroxyl groups excluding tert-OH is 1. The number of anilines is 3. The maximum absolute atomic E-state index is 14.7. The van der Waals surface area contributed by atoms with Crippen molar-refractivity contribution in [2.24, 2.45) is 0 Å². The lowest BCUT2D eigenvalue weighted by Crippen LogP contribution is -2.42. The summed E-state index contributed by atoms with van der Waals surface area (Å²) < 4.78 is 91.3. The Labute approximate surface area is 440 Å². The average Bonchev–Trinajstić information content (AvgIpc) is 4.32. The molecule has 4 N–H and O–H groups in total. The van der Waals surface area contributed by atoms with E-state index in [0.29, 0.717) is 56.8 Å². The van der Waals surface area contributed by atoms with E-state index in [1.54, 1.807) is 6.07 Å². The zero-order chi connectivity index (χ0) is 53.8. The minimum Gasteiger partial charge on any atom is -0.396 e. The molecule has 2 aliphatic heterocycles. The SMILES string of the molecule is CS(=O)(=O)N1CCC(Nc2ncc3cc(CCO)c(=O)n(CCCS(=O)(=O)n4nc(C5CC5)nc4-c4nc(NC5CCOC5)nc5c4ccc(=O)n5CC(=O)Nc4ccc(S(=O)(=O)n5cnc(C6CC6)n5)cc4)c3n2)CC1. The molecule has 0 radical (unpaired) electrons. The van der Waals surface area contributed by atoms with Crippen molar-refractivity contribution >= 4 is 75.6 Å². The van der Waals surface area contributed by atoms with Gasteiger partial charge in [-0.05, 0) is 87.8 Å². The Bertz CT molecular complexity index is 3900. The van der Waals surface area contributed by atoms with Crippen molar-refractivity contribution < 1.29 is 39.9 Å². The van der Waals surface area contributed by atoms with Crippen LogP contribution in [0, 0.1) is 0 Å². The van der Waals surface area contributed by atoms with Crippen molar-refractivity contribution in [1.29, 1.82) is 0 Å². The van der Waals surface area contributed by atoms with Crippen LogP contribution in [-0.4, -0.2) is 155 Å². The number of hydrogen-bond donors (Lipinski definition) is 4. The summed E-state index contributed by atoms with van der Waals surface area (Å²) in [5.74, 6) is -0.404. The van der Waals surface area contributed by atoms with Gasteiger partial charge in [0.05, 0.1) is 29.6 Å². The van der Waals surface area contributed by atoms with Gasteiger partial charge in [-0.2, -0.15) is 18.4 Å². The fourth-order valence-electron chi connectivity index (χ4n) is 9.42. The highest BCUT2D eigenvalue weighted by Crippen LogP contribution is 2.40. The molecule has 6 aromatic heterocycles. The first kappa shape index (κ1) is 52.0. The fraction of sp³-hybridized carbons (Fsp3) is 0.468. The van der Waals surface area contributed by atoms with Crippen molar-refractivity contribution in [1.82, 2.24) is 61.7 Å². The molecule has 4 fully saturated rings. The number of nitrogens with zero attached hydrogens (tertiary/aromatic N) is 13. The van der Waals surface area contributed by atoms with Gasteiger partial charge in [0.2, 0.25) is 27.8 Å². The summed E-state index contributed by atoms with van der Waals surface area (Å²) in [6.07, 6.45) is 8.61. The van der Waals surface area contributed by atoms with E-state index in [1.807, 2.05) is 0 Å². The summed E-state index contributed by atoms with van der Waals surface area (Å²) in [7, 11) is -11.8. The van der Waals surface area contributed by atoms with Gasteiger partial charge in [0.15, 0.2) is 17.5 Å². The monoisotopic (exact) mass is 1110 g/mol. The molecule has 11 rings (SSSR count). The van der Waals surface area contributed by atoms with Gasteiger partial charge in [-0.3, -0.25) is 23.5 Å². The van der Waals surface area contributed by atoms with Gasteiger partial charge in [0.1, 0.15) is 29.9 Å². The van der Waals surface area contributed by atoms with E-state index >= 15 is 0 Å². The number of carbonyl (C=O) groups is 1. The number of benzene rings is 1. The van der Waals surface area contributed by atoms with Crippen LogP contribution in [-0.2, 0) is 59.1 Å². The van der Waals surface area contributed by atoms with E-state index in [4.69, 9.17) is 19.7 Å².